The summed E-state index contributed by atoms with van der Waals surface area (Å²) in [5, 5.41) is 9.14. The Hall–Kier alpha value is -4.04. The fraction of sp³-hybridized carbons (Fsp3) is 0.121. The van der Waals surface area contributed by atoms with Gasteiger partial charge in [0.15, 0.2) is 0 Å². The normalized spacial score (nSPS) is 11.9. The van der Waals surface area contributed by atoms with Gasteiger partial charge in [0.05, 0.1) is 5.25 Å². The standard InChI is InChI=1S/C33H29Cl2N3O3S/c1-3-30(33(41)37-25-17-16-21(2)28(35)20-25)42-26-14-9-13-24(19-26)36-32(40)29(18-23-12-7-8-15-27(23)34)38-31(39)22-10-5-4-6-11-22/h4-20,30H,3H2,1-2H3,(H,36,40)(H,37,41)(H,38,39)/b29-18+. The first kappa shape index (κ1) is 30.9. The third-order valence-electron chi connectivity index (χ3n) is 6.21. The number of thioether (sulfide) groups is 1. The lowest BCUT2D eigenvalue weighted by atomic mass is 10.1. The van der Waals surface area contributed by atoms with Crippen LogP contribution in [0.4, 0.5) is 11.4 Å². The number of hydrogen-bond acceptors (Lipinski definition) is 4. The molecule has 1 atom stereocenters. The van der Waals surface area contributed by atoms with Crippen molar-refractivity contribution in [3.05, 3.63) is 129 Å². The average molecular weight is 619 g/mol. The second-order valence-corrected chi connectivity index (χ2v) is 11.4. The molecule has 3 amide bonds. The average Bonchev–Trinajstić information content (AvgIpc) is 2.99. The second kappa shape index (κ2) is 14.7. The minimum absolute atomic E-state index is 0.0255. The number of nitrogens with one attached hydrogen (secondary N) is 3. The quantitative estimate of drug-likeness (QED) is 0.124. The molecule has 4 aromatic rings. The predicted molar refractivity (Wildman–Crippen MR) is 173 cm³/mol. The molecule has 42 heavy (non-hydrogen) atoms. The predicted octanol–water partition coefficient (Wildman–Crippen LogP) is 8.22. The van der Waals surface area contributed by atoms with Crippen LogP contribution in [0.1, 0.15) is 34.8 Å². The van der Waals surface area contributed by atoms with Gasteiger partial charge in [-0.15, -0.1) is 11.8 Å². The zero-order valence-electron chi connectivity index (χ0n) is 23.0. The first-order valence-electron chi connectivity index (χ1n) is 13.2. The Morgan fingerprint density at radius 2 is 1.52 bits per heavy atom. The molecule has 0 heterocycles. The first-order valence-corrected chi connectivity index (χ1v) is 14.8. The van der Waals surface area contributed by atoms with Crippen molar-refractivity contribution in [1.82, 2.24) is 5.32 Å². The molecule has 0 fully saturated rings. The summed E-state index contributed by atoms with van der Waals surface area (Å²) in [5.41, 5.74) is 3.08. The van der Waals surface area contributed by atoms with Gasteiger partial charge in [0.1, 0.15) is 5.70 Å². The highest BCUT2D eigenvalue weighted by molar-refractivity contribution is 8.00. The first-order chi connectivity index (χ1) is 20.2. The van der Waals surface area contributed by atoms with Crippen LogP contribution in [0.2, 0.25) is 10.0 Å². The number of benzene rings is 4. The molecule has 4 rings (SSSR count). The van der Waals surface area contributed by atoms with Crippen LogP contribution in [0.15, 0.2) is 108 Å². The van der Waals surface area contributed by atoms with Gasteiger partial charge in [-0.25, -0.2) is 0 Å². The summed E-state index contributed by atoms with van der Waals surface area (Å²) in [5.74, 6) is -1.10. The molecule has 0 radical (unpaired) electrons. The van der Waals surface area contributed by atoms with Crippen LogP contribution in [0, 0.1) is 6.92 Å². The summed E-state index contributed by atoms with van der Waals surface area (Å²) in [7, 11) is 0. The van der Waals surface area contributed by atoms with E-state index in [4.69, 9.17) is 23.2 Å². The van der Waals surface area contributed by atoms with Crippen LogP contribution < -0.4 is 16.0 Å². The van der Waals surface area contributed by atoms with E-state index >= 15 is 0 Å². The Balaban J connectivity index is 1.50. The Morgan fingerprint density at radius 3 is 2.24 bits per heavy atom. The summed E-state index contributed by atoms with van der Waals surface area (Å²) in [6.07, 6.45) is 2.12. The van der Waals surface area contributed by atoms with Crippen molar-refractivity contribution in [1.29, 1.82) is 0 Å². The smallest absolute Gasteiger partial charge is 0.272 e. The lowest BCUT2D eigenvalue weighted by molar-refractivity contribution is -0.116. The van der Waals surface area contributed by atoms with E-state index < -0.39 is 11.8 Å². The minimum atomic E-state index is -0.526. The number of hydrogen-bond donors (Lipinski definition) is 3. The van der Waals surface area contributed by atoms with E-state index in [1.165, 1.54) is 17.8 Å². The molecule has 0 saturated heterocycles. The van der Waals surface area contributed by atoms with Crippen molar-refractivity contribution in [3.8, 4) is 0 Å². The topological polar surface area (TPSA) is 87.3 Å². The van der Waals surface area contributed by atoms with Gasteiger partial charge >= 0.3 is 0 Å². The van der Waals surface area contributed by atoms with Gasteiger partial charge in [-0.3, -0.25) is 14.4 Å². The molecule has 0 bridgehead atoms. The maximum atomic E-state index is 13.4. The molecule has 0 aliphatic carbocycles. The molecule has 0 spiro atoms. The van der Waals surface area contributed by atoms with Crippen LogP contribution in [0.3, 0.4) is 0 Å². The van der Waals surface area contributed by atoms with Crippen molar-refractivity contribution in [2.45, 2.75) is 30.4 Å². The highest BCUT2D eigenvalue weighted by atomic mass is 35.5. The van der Waals surface area contributed by atoms with E-state index in [1.54, 1.807) is 78.9 Å². The molecule has 0 aliphatic heterocycles. The molecular formula is C33H29Cl2N3O3S. The Morgan fingerprint density at radius 1 is 0.810 bits per heavy atom. The molecule has 0 aliphatic rings. The Kier molecular flexibility index (Phi) is 10.8. The van der Waals surface area contributed by atoms with Gasteiger partial charge in [0, 0.05) is 31.9 Å². The summed E-state index contributed by atoms with van der Waals surface area (Å²) < 4.78 is 0. The Bertz CT molecular complexity index is 1630. The highest BCUT2D eigenvalue weighted by Crippen LogP contribution is 2.29. The van der Waals surface area contributed by atoms with E-state index in [-0.39, 0.29) is 16.9 Å². The summed E-state index contributed by atoms with van der Waals surface area (Å²) >= 11 is 13.9. The number of amides is 3. The monoisotopic (exact) mass is 617 g/mol. The fourth-order valence-corrected chi connectivity index (χ4v) is 5.30. The SMILES string of the molecule is CCC(Sc1cccc(NC(=O)/C(=C\c2ccccc2Cl)NC(=O)c2ccccc2)c1)C(=O)Nc1ccc(C)c(Cl)c1. The number of rotatable bonds is 10. The molecule has 0 saturated carbocycles. The summed E-state index contributed by atoms with van der Waals surface area (Å²) in [6.45, 7) is 3.84. The van der Waals surface area contributed by atoms with Gasteiger partial charge in [0.2, 0.25) is 5.91 Å². The number of carbonyl (C=O) groups is 3. The molecular weight excluding hydrogens is 589 g/mol. The van der Waals surface area contributed by atoms with Crippen LogP contribution >= 0.6 is 35.0 Å². The van der Waals surface area contributed by atoms with Crippen molar-refractivity contribution in [2.24, 2.45) is 0 Å². The van der Waals surface area contributed by atoms with Crippen LogP contribution in [-0.4, -0.2) is 23.0 Å². The second-order valence-electron chi connectivity index (χ2n) is 9.35. The largest absolute Gasteiger partial charge is 0.325 e. The molecule has 214 valence electrons. The third-order valence-corrected chi connectivity index (χ3v) is 8.32. The van der Waals surface area contributed by atoms with Gasteiger partial charge < -0.3 is 16.0 Å². The Labute approximate surface area is 259 Å². The maximum Gasteiger partial charge on any atom is 0.272 e. The summed E-state index contributed by atoms with van der Waals surface area (Å²) in [6, 6.07) is 28.2. The van der Waals surface area contributed by atoms with Crippen LogP contribution in [0.5, 0.6) is 0 Å². The molecule has 9 heteroatoms. The zero-order valence-corrected chi connectivity index (χ0v) is 25.3. The van der Waals surface area contributed by atoms with Crippen LogP contribution in [-0.2, 0) is 9.59 Å². The minimum Gasteiger partial charge on any atom is -0.325 e. The summed E-state index contributed by atoms with van der Waals surface area (Å²) in [4.78, 5) is 40.1. The molecule has 3 N–H and O–H groups in total. The number of halogens is 2. The van der Waals surface area contributed by atoms with E-state index in [0.717, 1.165) is 10.5 Å². The van der Waals surface area contributed by atoms with E-state index in [9.17, 15) is 14.4 Å². The molecule has 0 aromatic heterocycles. The van der Waals surface area contributed by atoms with Gasteiger partial charge in [-0.05, 0) is 79.1 Å². The van der Waals surface area contributed by atoms with E-state index in [1.807, 2.05) is 32.0 Å². The van der Waals surface area contributed by atoms with E-state index in [0.29, 0.717) is 39.0 Å². The zero-order chi connectivity index (χ0) is 30.1. The van der Waals surface area contributed by atoms with Crippen molar-refractivity contribution in [2.75, 3.05) is 10.6 Å². The molecule has 1 unspecified atom stereocenters. The van der Waals surface area contributed by atoms with Crippen molar-refractivity contribution < 1.29 is 14.4 Å². The maximum absolute atomic E-state index is 13.4. The highest BCUT2D eigenvalue weighted by Gasteiger charge is 2.20. The van der Waals surface area contributed by atoms with Gasteiger partial charge in [-0.1, -0.05) is 78.7 Å². The lowest BCUT2D eigenvalue weighted by Crippen LogP contribution is -2.30. The van der Waals surface area contributed by atoms with Crippen molar-refractivity contribution >= 4 is 70.1 Å². The third kappa shape index (κ3) is 8.49. The molecule has 6 nitrogen and oxygen atoms in total. The van der Waals surface area contributed by atoms with E-state index in [2.05, 4.69) is 16.0 Å². The van der Waals surface area contributed by atoms with Crippen molar-refractivity contribution in [3.63, 3.8) is 0 Å². The molecule has 4 aromatic carbocycles. The number of aryl methyl sites for hydroxylation is 1. The van der Waals surface area contributed by atoms with Gasteiger partial charge in [0.25, 0.3) is 11.8 Å². The lowest BCUT2D eigenvalue weighted by Gasteiger charge is -2.16. The number of carbonyl (C=O) groups excluding carboxylic acids is 3. The van der Waals surface area contributed by atoms with Gasteiger partial charge in [-0.2, -0.15) is 0 Å². The van der Waals surface area contributed by atoms with Crippen LogP contribution in [0.25, 0.3) is 6.08 Å². The number of anilines is 2. The fourth-order valence-electron chi connectivity index (χ4n) is 3.92.